The summed E-state index contributed by atoms with van der Waals surface area (Å²) in [5.41, 5.74) is 6.70. The van der Waals surface area contributed by atoms with Gasteiger partial charge in [0.25, 0.3) is 0 Å². The summed E-state index contributed by atoms with van der Waals surface area (Å²) in [7, 11) is 0. The zero-order chi connectivity index (χ0) is 10.7. The minimum atomic E-state index is 0.0159. The van der Waals surface area contributed by atoms with E-state index in [9.17, 15) is 0 Å². The molecule has 0 fully saturated rings. The first-order chi connectivity index (χ1) is 5.69. The van der Waals surface area contributed by atoms with E-state index in [1.165, 1.54) is 12.8 Å². The first kappa shape index (κ1) is 13.0. The summed E-state index contributed by atoms with van der Waals surface area (Å²) < 4.78 is 0. The second-order valence-electron chi connectivity index (χ2n) is 5.88. The average Bonchev–Trinajstić information content (AvgIpc) is 1.98. The van der Waals surface area contributed by atoms with Crippen LogP contribution in [0.1, 0.15) is 60.8 Å². The van der Waals surface area contributed by atoms with Gasteiger partial charge in [-0.1, -0.05) is 41.0 Å². The molecule has 0 aromatic rings. The van der Waals surface area contributed by atoms with Gasteiger partial charge in [0.2, 0.25) is 0 Å². The molecule has 0 saturated heterocycles. The van der Waals surface area contributed by atoms with Crippen molar-refractivity contribution in [3.63, 3.8) is 0 Å². The third kappa shape index (κ3) is 5.30. The first-order valence-electron chi connectivity index (χ1n) is 5.48. The van der Waals surface area contributed by atoms with Gasteiger partial charge in [0.15, 0.2) is 0 Å². The lowest BCUT2D eigenvalue weighted by Gasteiger charge is -2.33. The number of hydrogen-bond acceptors (Lipinski definition) is 1. The molecular formula is C12H27N. The highest BCUT2D eigenvalue weighted by Gasteiger charge is 2.26. The van der Waals surface area contributed by atoms with E-state index >= 15 is 0 Å². The molecule has 0 aliphatic carbocycles. The fourth-order valence-electron chi connectivity index (χ4n) is 1.36. The zero-order valence-corrected chi connectivity index (χ0v) is 10.3. The van der Waals surface area contributed by atoms with Gasteiger partial charge < -0.3 is 5.73 Å². The molecule has 0 aliphatic heterocycles. The lowest BCUT2D eigenvalue weighted by atomic mass is 9.77. The van der Waals surface area contributed by atoms with Crippen molar-refractivity contribution in [3.05, 3.63) is 0 Å². The molecule has 0 spiro atoms. The number of rotatable bonds is 4. The molecule has 2 unspecified atom stereocenters. The van der Waals surface area contributed by atoms with E-state index in [0.717, 1.165) is 6.42 Å². The molecule has 0 heterocycles. The summed E-state index contributed by atoms with van der Waals surface area (Å²) >= 11 is 0. The second-order valence-corrected chi connectivity index (χ2v) is 5.88. The summed E-state index contributed by atoms with van der Waals surface area (Å²) in [5, 5.41) is 0. The highest BCUT2D eigenvalue weighted by molar-refractivity contribution is 4.85. The van der Waals surface area contributed by atoms with Crippen molar-refractivity contribution >= 4 is 0 Å². The molecule has 0 amide bonds. The van der Waals surface area contributed by atoms with Gasteiger partial charge in [0.05, 0.1) is 0 Å². The van der Waals surface area contributed by atoms with Crippen LogP contribution in [0.4, 0.5) is 0 Å². The van der Waals surface area contributed by atoms with Crippen molar-refractivity contribution in [2.75, 3.05) is 0 Å². The highest BCUT2D eigenvalue weighted by Crippen LogP contribution is 2.29. The third-order valence-electron chi connectivity index (χ3n) is 3.15. The maximum Gasteiger partial charge on any atom is 0.0151 e. The van der Waals surface area contributed by atoms with Gasteiger partial charge in [-0.2, -0.15) is 0 Å². The summed E-state index contributed by atoms with van der Waals surface area (Å²) in [5.74, 6) is 0.620. The van der Waals surface area contributed by atoms with Crippen molar-refractivity contribution in [2.24, 2.45) is 17.1 Å². The molecule has 0 aromatic heterocycles. The van der Waals surface area contributed by atoms with E-state index in [1.807, 2.05) is 0 Å². The van der Waals surface area contributed by atoms with E-state index in [4.69, 9.17) is 5.73 Å². The number of hydrogen-bond donors (Lipinski definition) is 1. The van der Waals surface area contributed by atoms with Crippen LogP contribution in [-0.2, 0) is 0 Å². The predicted molar refractivity (Wildman–Crippen MR) is 60.7 cm³/mol. The Balaban J connectivity index is 4.03. The third-order valence-corrected chi connectivity index (χ3v) is 3.15. The average molecular weight is 185 g/mol. The van der Waals surface area contributed by atoms with Gasteiger partial charge in [-0.05, 0) is 31.1 Å². The smallest absolute Gasteiger partial charge is 0.0151 e. The molecule has 1 nitrogen and oxygen atoms in total. The molecule has 0 rings (SSSR count). The summed E-state index contributed by atoms with van der Waals surface area (Å²) in [4.78, 5) is 0. The molecule has 2 N–H and O–H groups in total. The summed E-state index contributed by atoms with van der Waals surface area (Å²) in [6, 6.07) is 0. The Kier molecular flexibility index (Phi) is 4.44. The van der Waals surface area contributed by atoms with Gasteiger partial charge in [0, 0.05) is 5.54 Å². The van der Waals surface area contributed by atoms with Crippen molar-refractivity contribution in [1.82, 2.24) is 0 Å². The summed E-state index contributed by atoms with van der Waals surface area (Å²) in [6.07, 6.45) is 3.52. The van der Waals surface area contributed by atoms with Crippen molar-refractivity contribution in [2.45, 2.75) is 66.3 Å². The van der Waals surface area contributed by atoms with Gasteiger partial charge >= 0.3 is 0 Å². The SMILES string of the molecule is CCC(C)C(C)(N)CCC(C)(C)C. The van der Waals surface area contributed by atoms with Crippen molar-refractivity contribution in [3.8, 4) is 0 Å². The fraction of sp³-hybridized carbons (Fsp3) is 1.00. The largest absolute Gasteiger partial charge is 0.325 e. The van der Waals surface area contributed by atoms with E-state index in [-0.39, 0.29) is 5.54 Å². The van der Waals surface area contributed by atoms with Crippen LogP contribution in [0.25, 0.3) is 0 Å². The first-order valence-corrected chi connectivity index (χ1v) is 5.48. The van der Waals surface area contributed by atoms with E-state index in [1.54, 1.807) is 0 Å². The predicted octanol–water partition coefficient (Wildman–Crippen LogP) is 3.58. The Bertz CT molecular complexity index is 142. The van der Waals surface area contributed by atoms with E-state index in [0.29, 0.717) is 11.3 Å². The van der Waals surface area contributed by atoms with Crippen LogP contribution in [0.15, 0.2) is 0 Å². The quantitative estimate of drug-likeness (QED) is 0.712. The normalized spacial score (nSPS) is 19.6. The van der Waals surface area contributed by atoms with Gasteiger partial charge in [-0.15, -0.1) is 0 Å². The Morgan fingerprint density at radius 3 is 1.85 bits per heavy atom. The van der Waals surface area contributed by atoms with E-state index < -0.39 is 0 Å². The van der Waals surface area contributed by atoms with Crippen LogP contribution in [0, 0.1) is 11.3 Å². The van der Waals surface area contributed by atoms with Crippen LogP contribution in [0.2, 0.25) is 0 Å². The van der Waals surface area contributed by atoms with Crippen molar-refractivity contribution in [1.29, 1.82) is 0 Å². The minimum Gasteiger partial charge on any atom is -0.325 e. The monoisotopic (exact) mass is 185 g/mol. The maximum absolute atomic E-state index is 6.28. The van der Waals surface area contributed by atoms with Gasteiger partial charge in [-0.25, -0.2) is 0 Å². The van der Waals surface area contributed by atoms with Gasteiger partial charge in [0.1, 0.15) is 0 Å². The Morgan fingerprint density at radius 2 is 1.54 bits per heavy atom. The molecular weight excluding hydrogens is 158 g/mol. The Labute approximate surface area is 84.1 Å². The van der Waals surface area contributed by atoms with Crippen LogP contribution in [0.5, 0.6) is 0 Å². The van der Waals surface area contributed by atoms with Crippen LogP contribution in [-0.4, -0.2) is 5.54 Å². The maximum atomic E-state index is 6.28. The fourth-order valence-corrected chi connectivity index (χ4v) is 1.36. The molecule has 0 aromatic carbocycles. The zero-order valence-electron chi connectivity index (χ0n) is 10.3. The molecule has 80 valence electrons. The Hall–Kier alpha value is -0.0400. The highest BCUT2D eigenvalue weighted by atomic mass is 14.7. The molecule has 13 heavy (non-hydrogen) atoms. The van der Waals surface area contributed by atoms with Crippen molar-refractivity contribution < 1.29 is 0 Å². The molecule has 0 radical (unpaired) electrons. The lowest BCUT2D eigenvalue weighted by Crippen LogP contribution is -2.43. The molecule has 2 atom stereocenters. The lowest BCUT2D eigenvalue weighted by molar-refractivity contribution is 0.239. The second kappa shape index (κ2) is 4.45. The topological polar surface area (TPSA) is 26.0 Å². The molecule has 0 bridgehead atoms. The molecule has 0 saturated carbocycles. The van der Waals surface area contributed by atoms with E-state index in [2.05, 4.69) is 41.5 Å². The molecule has 0 aliphatic rings. The minimum absolute atomic E-state index is 0.0159. The standard InChI is InChI=1S/C12H27N/c1-7-10(2)12(6,13)9-8-11(3,4)5/h10H,7-9,13H2,1-6H3. The van der Waals surface area contributed by atoms with Crippen LogP contribution < -0.4 is 5.73 Å². The molecule has 1 heteroatoms. The Morgan fingerprint density at radius 1 is 1.08 bits per heavy atom. The summed E-state index contributed by atoms with van der Waals surface area (Å²) in [6.45, 7) is 13.5. The number of nitrogens with two attached hydrogens (primary N) is 1. The van der Waals surface area contributed by atoms with Crippen LogP contribution >= 0.6 is 0 Å². The van der Waals surface area contributed by atoms with Crippen LogP contribution in [0.3, 0.4) is 0 Å². The van der Waals surface area contributed by atoms with Gasteiger partial charge in [-0.3, -0.25) is 0 Å².